The fourth-order valence-electron chi connectivity index (χ4n) is 3.14. The number of hydrogen-bond donors (Lipinski definition) is 1. The molecule has 4 rings (SSSR count). The number of halogens is 3. The Kier molecular flexibility index (Phi) is 4.24. The van der Waals surface area contributed by atoms with Crippen LogP contribution < -0.4 is 10.2 Å². The Bertz CT molecular complexity index is 946. The minimum Gasteiger partial charge on any atom is -0.369 e. The number of hydrogen-bond acceptors (Lipinski definition) is 5. The molecular formula is C16H15BrClFN6. The van der Waals surface area contributed by atoms with Crippen LogP contribution in [0.15, 0.2) is 29.1 Å². The molecule has 1 atom stereocenters. The number of benzene rings is 1. The predicted octanol–water partition coefficient (Wildman–Crippen LogP) is 3.61. The van der Waals surface area contributed by atoms with Crippen LogP contribution in [0.1, 0.15) is 6.42 Å². The molecule has 0 amide bonds. The Balaban J connectivity index is 1.54. The molecule has 25 heavy (non-hydrogen) atoms. The highest BCUT2D eigenvalue weighted by Gasteiger charge is 2.25. The Hall–Kier alpha value is -1.93. The molecule has 1 aromatic carbocycles. The molecule has 6 nitrogen and oxygen atoms in total. The van der Waals surface area contributed by atoms with Gasteiger partial charge in [0, 0.05) is 31.9 Å². The van der Waals surface area contributed by atoms with Crippen LogP contribution in [0.4, 0.5) is 15.9 Å². The monoisotopic (exact) mass is 424 g/mol. The van der Waals surface area contributed by atoms with Gasteiger partial charge in [0.25, 0.3) is 0 Å². The van der Waals surface area contributed by atoms with Crippen molar-refractivity contribution in [2.45, 2.75) is 12.5 Å². The highest BCUT2D eigenvalue weighted by Crippen LogP contribution is 2.30. The molecule has 9 heteroatoms. The lowest BCUT2D eigenvalue weighted by molar-refractivity contribution is 0.628. The molecular weight excluding hydrogens is 411 g/mol. The van der Waals surface area contributed by atoms with Gasteiger partial charge in [0.05, 0.1) is 10.4 Å². The topological polar surface area (TPSA) is 58.9 Å². The van der Waals surface area contributed by atoms with Crippen molar-refractivity contribution in [1.82, 2.24) is 19.7 Å². The quantitative estimate of drug-likeness (QED) is 0.695. The number of nitrogens with one attached hydrogen (secondary N) is 1. The van der Waals surface area contributed by atoms with E-state index in [-0.39, 0.29) is 11.1 Å². The number of fused-ring (bicyclic) bond motifs is 1. The van der Waals surface area contributed by atoms with Gasteiger partial charge < -0.3 is 10.2 Å². The van der Waals surface area contributed by atoms with Gasteiger partial charge >= 0.3 is 0 Å². The number of anilines is 2. The molecule has 0 spiro atoms. The first-order valence-corrected chi connectivity index (χ1v) is 9.00. The van der Waals surface area contributed by atoms with Crippen molar-refractivity contribution in [3.8, 4) is 0 Å². The molecule has 1 aliphatic heterocycles. The molecule has 1 N–H and O–H groups in total. The first-order valence-electron chi connectivity index (χ1n) is 7.82. The molecule has 0 bridgehead atoms. The third-order valence-electron chi connectivity index (χ3n) is 4.38. The van der Waals surface area contributed by atoms with Crippen molar-refractivity contribution in [2.24, 2.45) is 7.05 Å². The van der Waals surface area contributed by atoms with Gasteiger partial charge in [0.15, 0.2) is 5.65 Å². The zero-order valence-electron chi connectivity index (χ0n) is 13.4. The second-order valence-corrected chi connectivity index (χ2v) is 7.17. The lowest BCUT2D eigenvalue weighted by Gasteiger charge is -2.19. The lowest BCUT2D eigenvalue weighted by atomic mass is 10.2. The fourth-order valence-corrected chi connectivity index (χ4v) is 3.92. The average molecular weight is 426 g/mol. The van der Waals surface area contributed by atoms with Crippen LogP contribution in [0.25, 0.3) is 11.0 Å². The molecule has 130 valence electrons. The number of nitrogens with zero attached hydrogens (tertiary/aromatic N) is 5. The maximum atomic E-state index is 13.3. The van der Waals surface area contributed by atoms with Gasteiger partial charge in [-0.1, -0.05) is 11.6 Å². The van der Waals surface area contributed by atoms with Crippen molar-refractivity contribution < 1.29 is 4.39 Å². The average Bonchev–Trinajstić information content (AvgIpc) is 3.16. The van der Waals surface area contributed by atoms with Crippen molar-refractivity contribution in [3.63, 3.8) is 0 Å². The maximum Gasteiger partial charge on any atom is 0.164 e. The third-order valence-corrected chi connectivity index (χ3v) is 5.22. The molecule has 3 aromatic rings. The largest absolute Gasteiger partial charge is 0.369 e. The molecule has 1 fully saturated rings. The Morgan fingerprint density at radius 3 is 3.00 bits per heavy atom. The highest BCUT2D eigenvalue weighted by atomic mass is 79.9. The predicted molar refractivity (Wildman–Crippen MR) is 99.7 cm³/mol. The summed E-state index contributed by atoms with van der Waals surface area (Å²) >= 11 is 9.36. The Morgan fingerprint density at radius 2 is 2.20 bits per heavy atom. The van der Waals surface area contributed by atoms with E-state index in [1.165, 1.54) is 12.4 Å². The van der Waals surface area contributed by atoms with E-state index in [1.54, 1.807) is 16.8 Å². The van der Waals surface area contributed by atoms with Gasteiger partial charge in [0.1, 0.15) is 22.6 Å². The molecule has 1 saturated heterocycles. The summed E-state index contributed by atoms with van der Waals surface area (Å²) in [5.41, 5.74) is 1.69. The van der Waals surface area contributed by atoms with Crippen LogP contribution in [0.2, 0.25) is 5.02 Å². The standard InChI is InChI=1S/C16H15BrClFN6/c1-24-16-13(14(17)23-24)15(20-8-21-16)22-9-4-5-25(7-9)10-2-3-12(19)11(18)6-10/h2-3,6,8-9H,4-5,7H2,1H3,(H,20,21,22). The first-order chi connectivity index (χ1) is 12.0. The minimum absolute atomic E-state index is 0.144. The maximum absolute atomic E-state index is 13.3. The molecule has 1 unspecified atom stereocenters. The van der Waals surface area contributed by atoms with Crippen molar-refractivity contribution in [1.29, 1.82) is 0 Å². The first kappa shape index (κ1) is 16.5. The molecule has 0 aliphatic carbocycles. The summed E-state index contributed by atoms with van der Waals surface area (Å²) in [4.78, 5) is 10.8. The van der Waals surface area contributed by atoms with Crippen molar-refractivity contribution in [3.05, 3.63) is 40.0 Å². The molecule has 3 heterocycles. The Morgan fingerprint density at radius 1 is 1.36 bits per heavy atom. The third kappa shape index (κ3) is 3.04. The van der Waals surface area contributed by atoms with Gasteiger partial charge in [0.2, 0.25) is 0 Å². The normalized spacial score (nSPS) is 17.4. The van der Waals surface area contributed by atoms with Crippen LogP contribution in [0.3, 0.4) is 0 Å². The Labute approximate surface area is 157 Å². The second kappa shape index (κ2) is 6.42. The lowest BCUT2D eigenvalue weighted by Crippen LogP contribution is -2.26. The van der Waals surface area contributed by atoms with Crippen LogP contribution in [0, 0.1) is 5.82 Å². The van der Waals surface area contributed by atoms with Crippen LogP contribution in [-0.4, -0.2) is 38.9 Å². The van der Waals surface area contributed by atoms with E-state index < -0.39 is 5.82 Å². The van der Waals surface area contributed by atoms with Crippen molar-refractivity contribution in [2.75, 3.05) is 23.3 Å². The SMILES string of the molecule is Cn1nc(Br)c2c(NC3CCN(c4ccc(F)c(Cl)c4)C3)ncnc21. The summed E-state index contributed by atoms with van der Waals surface area (Å²) < 4.78 is 15.8. The van der Waals surface area contributed by atoms with E-state index in [2.05, 4.69) is 41.2 Å². The second-order valence-electron chi connectivity index (χ2n) is 6.01. The zero-order chi connectivity index (χ0) is 17.6. The highest BCUT2D eigenvalue weighted by molar-refractivity contribution is 9.10. The van der Waals surface area contributed by atoms with E-state index in [0.29, 0.717) is 4.60 Å². The summed E-state index contributed by atoms with van der Waals surface area (Å²) in [6.45, 7) is 1.65. The molecule has 0 saturated carbocycles. The van der Waals surface area contributed by atoms with Crippen LogP contribution >= 0.6 is 27.5 Å². The van der Waals surface area contributed by atoms with E-state index in [4.69, 9.17) is 11.6 Å². The van der Waals surface area contributed by atoms with Gasteiger partial charge in [-0.2, -0.15) is 5.10 Å². The number of aryl methyl sites for hydroxylation is 1. The molecule has 1 aliphatic rings. The zero-order valence-corrected chi connectivity index (χ0v) is 15.7. The summed E-state index contributed by atoms with van der Waals surface area (Å²) in [6, 6.07) is 5.04. The van der Waals surface area contributed by atoms with Crippen LogP contribution in [-0.2, 0) is 7.05 Å². The minimum atomic E-state index is -0.399. The van der Waals surface area contributed by atoms with Gasteiger partial charge in [-0.3, -0.25) is 0 Å². The summed E-state index contributed by atoms with van der Waals surface area (Å²) in [5.74, 6) is 0.359. The smallest absolute Gasteiger partial charge is 0.164 e. The van der Waals surface area contributed by atoms with E-state index in [9.17, 15) is 4.39 Å². The van der Waals surface area contributed by atoms with E-state index >= 15 is 0 Å². The van der Waals surface area contributed by atoms with Gasteiger partial charge in [-0.25, -0.2) is 19.0 Å². The van der Waals surface area contributed by atoms with E-state index in [0.717, 1.165) is 42.0 Å². The van der Waals surface area contributed by atoms with Crippen molar-refractivity contribution >= 4 is 50.1 Å². The van der Waals surface area contributed by atoms with Gasteiger partial charge in [-0.15, -0.1) is 0 Å². The number of rotatable bonds is 3. The summed E-state index contributed by atoms with van der Waals surface area (Å²) in [6.07, 6.45) is 2.48. The van der Waals surface area contributed by atoms with Gasteiger partial charge in [-0.05, 0) is 40.5 Å². The van der Waals surface area contributed by atoms with Crippen LogP contribution in [0.5, 0.6) is 0 Å². The molecule has 2 aromatic heterocycles. The summed E-state index contributed by atoms with van der Waals surface area (Å²) in [5, 5.41) is 8.83. The van der Waals surface area contributed by atoms with E-state index in [1.807, 2.05) is 7.05 Å². The fraction of sp³-hybridized carbons (Fsp3) is 0.312. The number of aromatic nitrogens is 4. The molecule has 0 radical (unpaired) electrons. The summed E-state index contributed by atoms with van der Waals surface area (Å²) in [7, 11) is 1.85.